The van der Waals surface area contributed by atoms with Gasteiger partial charge in [-0.25, -0.2) is 4.79 Å². The van der Waals surface area contributed by atoms with E-state index in [9.17, 15) is 14.4 Å². The molecular weight excluding hydrogens is 232 g/mol. The van der Waals surface area contributed by atoms with Crippen LogP contribution in [0.1, 0.15) is 22.3 Å². The van der Waals surface area contributed by atoms with Crippen molar-refractivity contribution in [2.75, 3.05) is 7.11 Å². The van der Waals surface area contributed by atoms with Crippen molar-refractivity contribution in [3.05, 3.63) is 48.0 Å². The van der Waals surface area contributed by atoms with Crippen molar-refractivity contribution in [3.63, 3.8) is 0 Å². The molecule has 0 spiro atoms. The molecule has 0 heterocycles. The van der Waals surface area contributed by atoms with Gasteiger partial charge in [-0.1, -0.05) is 30.8 Å². The molecule has 0 aliphatic carbocycles. The van der Waals surface area contributed by atoms with Gasteiger partial charge >= 0.3 is 5.97 Å². The third kappa shape index (κ3) is 3.66. The summed E-state index contributed by atoms with van der Waals surface area (Å²) < 4.78 is 4.35. The lowest BCUT2D eigenvalue weighted by molar-refractivity contribution is -0.135. The monoisotopic (exact) mass is 246 g/mol. The Balaban J connectivity index is 2.68. The van der Waals surface area contributed by atoms with Gasteiger partial charge in [0.1, 0.15) is 0 Å². The first-order valence-corrected chi connectivity index (χ1v) is 5.45. The minimum Gasteiger partial charge on any atom is -0.463 e. The van der Waals surface area contributed by atoms with E-state index < -0.39 is 11.8 Å². The second-order valence-corrected chi connectivity index (χ2v) is 3.69. The molecule has 4 heteroatoms. The van der Waals surface area contributed by atoms with E-state index in [1.807, 2.05) is 0 Å². The summed E-state index contributed by atoms with van der Waals surface area (Å²) in [5.41, 5.74) is 1.20. The highest BCUT2D eigenvalue weighted by molar-refractivity contribution is 6.40. The van der Waals surface area contributed by atoms with Crippen LogP contribution in [0.15, 0.2) is 36.9 Å². The Bertz CT molecular complexity index is 471. The van der Waals surface area contributed by atoms with Gasteiger partial charge in [0.05, 0.1) is 7.11 Å². The van der Waals surface area contributed by atoms with E-state index >= 15 is 0 Å². The fourth-order valence-corrected chi connectivity index (χ4v) is 1.40. The van der Waals surface area contributed by atoms with Crippen molar-refractivity contribution in [1.29, 1.82) is 0 Å². The number of ketones is 2. The minimum absolute atomic E-state index is 0.0234. The maximum absolute atomic E-state index is 11.5. The molecule has 0 radical (unpaired) electrons. The number of aryl methyl sites for hydroxylation is 1. The highest BCUT2D eigenvalue weighted by Gasteiger charge is 2.15. The molecule has 0 aromatic heterocycles. The van der Waals surface area contributed by atoms with Gasteiger partial charge in [-0.2, -0.15) is 0 Å². The predicted molar refractivity (Wildman–Crippen MR) is 66.3 cm³/mol. The average Bonchev–Trinajstić information content (AvgIpc) is 2.43. The van der Waals surface area contributed by atoms with Crippen LogP contribution in [0, 0.1) is 0 Å². The van der Waals surface area contributed by atoms with E-state index in [4.69, 9.17) is 0 Å². The average molecular weight is 246 g/mol. The van der Waals surface area contributed by atoms with Gasteiger partial charge in [0.2, 0.25) is 0 Å². The molecule has 0 N–H and O–H groups in total. The zero-order valence-electron chi connectivity index (χ0n) is 10.1. The number of carbonyl (C=O) groups excluding carboxylic acids is 3. The number of Topliss-reactive ketones (excluding diaryl/α,β-unsaturated/α-hetero) is 1. The van der Waals surface area contributed by atoms with E-state index in [0.29, 0.717) is 12.8 Å². The number of carbonyl (C=O) groups is 3. The molecule has 0 bridgehead atoms. The number of allylic oxidation sites excluding steroid dienone is 1. The summed E-state index contributed by atoms with van der Waals surface area (Å²) in [6.45, 7) is 3.39. The molecule has 0 aliphatic rings. The number of rotatable bonds is 6. The summed E-state index contributed by atoms with van der Waals surface area (Å²) in [7, 11) is 1.16. The fraction of sp³-hybridized carbons (Fsp3) is 0.214. The first kappa shape index (κ1) is 13.8. The number of hydrogen-bond acceptors (Lipinski definition) is 4. The largest absolute Gasteiger partial charge is 0.463 e. The van der Waals surface area contributed by atoms with E-state index in [1.165, 1.54) is 6.08 Å². The van der Waals surface area contributed by atoms with Crippen LogP contribution in [-0.4, -0.2) is 24.6 Å². The first-order valence-electron chi connectivity index (χ1n) is 5.45. The molecule has 0 saturated heterocycles. The van der Waals surface area contributed by atoms with E-state index in [2.05, 4.69) is 11.3 Å². The van der Waals surface area contributed by atoms with E-state index in [0.717, 1.165) is 12.7 Å². The topological polar surface area (TPSA) is 60.4 Å². The van der Waals surface area contributed by atoms with Crippen molar-refractivity contribution < 1.29 is 19.1 Å². The van der Waals surface area contributed by atoms with Crippen LogP contribution in [0.2, 0.25) is 0 Å². The van der Waals surface area contributed by atoms with Crippen LogP contribution in [0.4, 0.5) is 0 Å². The zero-order chi connectivity index (χ0) is 13.5. The number of benzene rings is 1. The molecular formula is C14H14O4. The smallest absolute Gasteiger partial charge is 0.379 e. The molecule has 1 aromatic carbocycles. The molecule has 94 valence electrons. The van der Waals surface area contributed by atoms with Crippen LogP contribution < -0.4 is 0 Å². The van der Waals surface area contributed by atoms with Crippen molar-refractivity contribution >= 4 is 17.5 Å². The van der Waals surface area contributed by atoms with Crippen LogP contribution in [0.3, 0.4) is 0 Å². The Hall–Kier alpha value is -2.23. The lowest BCUT2D eigenvalue weighted by atomic mass is 10.0. The quantitative estimate of drug-likeness (QED) is 0.332. The summed E-state index contributed by atoms with van der Waals surface area (Å²) in [4.78, 5) is 33.5. The summed E-state index contributed by atoms with van der Waals surface area (Å²) in [5.74, 6) is -1.58. The summed E-state index contributed by atoms with van der Waals surface area (Å²) >= 11 is 0. The SMILES string of the molecule is C=CC(=O)CCc1ccc(C(=O)C(=O)OC)cc1. The van der Waals surface area contributed by atoms with Gasteiger partial charge in [-0.15, -0.1) is 0 Å². The molecule has 1 rings (SSSR count). The maximum atomic E-state index is 11.5. The Kier molecular flexibility index (Phi) is 4.99. The lowest BCUT2D eigenvalue weighted by Gasteiger charge is -2.02. The fourth-order valence-electron chi connectivity index (χ4n) is 1.40. The first-order chi connectivity index (χ1) is 8.58. The summed E-state index contributed by atoms with van der Waals surface area (Å²) in [5, 5.41) is 0. The predicted octanol–water partition coefficient (Wildman–Crippen LogP) is 1.73. The Morgan fingerprint density at radius 3 is 2.33 bits per heavy atom. The van der Waals surface area contributed by atoms with Gasteiger partial charge in [-0.05, 0) is 18.1 Å². The zero-order valence-corrected chi connectivity index (χ0v) is 10.1. The van der Waals surface area contributed by atoms with Crippen molar-refractivity contribution in [2.24, 2.45) is 0 Å². The summed E-state index contributed by atoms with van der Waals surface area (Å²) in [6, 6.07) is 6.53. The van der Waals surface area contributed by atoms with Crippen LogP contribution in [0.5, 0.6) is 0 Å². The van der Waals surface area contributed by atoms with Crippen molar-refractivity contribution in [2.45, 2.75) is 12.8 Å². The highest BCUT2D eigenvalue weighted by Crippen LogP contribution is 2.08. The number of ether oxygens (including phenoxy) is 1. The maximum Gasteiger partial charge on any atom is 0.379 e. The van der Waals surface area contributed by atoms with Gasteiger partial charge in [0.25, 0.3) is 5.78 Å². The van der Waals surface area contributed by atoms with E-state index in [-0.39, 0.29) is 11.3 Å². The van der Waals surface area contributed by atoms with Gasteiger partial charge < -0.3 is 4.74 Å². The summed E-state index contributed by atoms with van der Waals surface area (Å²) in [6.07, 6.45) is 2.25. The third-order valence-electron chi connectivity index (χ3n) is 2.47. The molecule has 1 aromatic rings. The molecule has 0 fully saturated rings. The van der Waals surface area contributed by atoms with Crippen LogP contribution in [-0.2, 0) is 20.7 Å². The Labute approximate surface area is 105 Å². The minimum atomic E-state index is -0.885. The van der Waals surface area contributed by atoms with Crippen LogP contribution in [0.25, 0.3) is 0 Å². The normalized spacial score (nSPS) is 9.61. The standard InChI is InChI=1S/C14H14O4/c1-3-12(15)9-6-10-4-7-11(8-5-10)13(16)14(17)18-2/h3-5,7-8H,1,6,9H2,2H3. The van der Waals surface area contributed by atoms with Crippen molar-refractivity contribution in [3.8, 4) is 0 Å². The molecule has 0 unspecified atom stereocenters. The van der Waals surface area contributed by atoms with Gasteiger partial charge in [0.15, 0.2) is 5.78 Å². The van der Waals surface area contributed by atoms with Gasteiger partial charge in [-0.3, -0.25) is 9.59 Å². The second-order valence-electron chi connectivity index (χ2n) is 3.69. The molecule has 0 saturated carbocycles. The van der Waals surface area contributed by atoms with E-state index in [1.54, 1.807) is 24.3 Å². The van der Waals surface area contributed by atoms with Gasteiger partial charge in [0, 0.05) is 12.0 Å². The van der Waals surface area contributed by atoms with Crippen molar-refractivity contribution in [1.82, 2.24) is 0 Å². The Morgan fingerprint density at radius 2 is 1.83 bits per heavy atom. The lowest BCUT2D eigenvalue weighted by Crippen LogP contribution is -2.15. The molecule has 18 heavy (non-hydrogen) atoms. The number of hydrogen-bond donors (Lipinski definition) is 0. The third-order valence-corrected chi connectivity index (χ3v) is 2.47. The molecule has 0 aliphatic heterocycles. The molecule has 4 nitrogen and oxygen atoms in total. The second kappa shape index (κ2) is 6.49. The number of methoxy groups -OCH3 is 1. The van der Waals surface area contributed by atoms with Crippen LogP contribution >= 0.6 is 0 Å². The molecule has 0 atom stereocenters. The molecule has 0 amide bonds. The number of esters is 1. The highest BCUT2D eigenvalue weighted by atomic mass is 16.5. The Morgan fingerprint density at radius 1 is 1.22 bits per heavy atom.